The molecule has 1 amide bonds. The van der Waals surface area contributed by atoms with Crippen LogP contribution in [0.3, 0.4) is 0 Å². The van der Waals surface area contributed by atoms with Gasteiger partial charge in [-0.2, -0.15) is 0 Å². The zero-order chi connectivity index (χ0) is 14.1. The number of carbonyl (C=O) groups excluding carboxylic acids is 1. The second-order valence-electron chi connectivity index (χ2n) is 6.21. The summed E-state index contributed by atoms with van der Waals surface area (Å²) in [6, 6.07) is 6.60. The van der Waals surface area contributed by atoms with Gasteiger partial charge in [-0.25, -0.2) is 0 Å². The molecule has 0 radical (unpaired) electrons. The summed E-state index contributed by atoms with van der Waals surface area (Å²) < 4.78 is 0. The Kier molecular flexibility index (Phi) is 3.68. The van der Waals surface area contributed by atoms with Crippen molar-refractivity contribution in [2.75, 3.05) is 18.4 Å². The minimum Gasteiger partial charge on any atom is -0.385 e. The van der Waals surface area contributed by atoms with E-state index in [1.165, 1.54) is 31.2 Å². The topological polar surface area (TPSA) is 32.3 Å². The van der Waals surface area contributed by atoms with Crippen LogP contribution in [0.4, 0.5) is 5.69 Å². The minimum absolute atomic E-state index is 0.218. The molecule has 0 saturated heterocycles. The molecule has 2 fully saturated rings. The molecule has 0 unspecified atom stereocenters. The van der Waals surface area contributed by atoms with E-state index in [1.807, 2.05) is 12.1 Å². The van der Waals surface area contributed by atoms with Gasteiger partial charge in [-0.1, -0.05) is 6.07 Å². The van der Waals surface area contributed by atoms with Gasteiger partial charge in [-0.15, -0.1) is 0 Å². The van der Waals surface area contributed by atoms with Crippen molar-refractivity contribution in [2.45, 2.75) is 45.6 Å². The number of rotatable bonds is 6. The van der Waals surface area contributed by atoms with Crippen molar-refractivity contribution in [1.82, 2.24) is 4.90 Å². The van der Waals surface area contributed by atoms with Crippen LogP contribution >= 0.6 is 0 Å². The molecule has 0 bridgehead atoms. The Morgan fingerprint density at radius 1 is 1.30 bits per heavy atom. The van der Waals surface area contributed by atoms with E-state index in [0.717, 1.165) is 30.3 Å². The molecule has 1 aromatic rings. The smallest absolute Gasteiger partial charge is 0.256 e. The van der Waals surface area contributed by atoms with Crippen molar-refractivity contribution in [3.63, 3.8) is 0 Å². The van der Waals surface area contributed by atoms with Gasteiger partial charge in [-0.3, -0.25) is 4.79 Å². The molecule has 20 heavy (non-hydrogen) atoms. The Balaban J connectivity index is 1.83. The highest BCUT2D eigenvalue weighted by molar-refractivity contribution is 6.00. The Bertz CT molecular complexity index is 504. The molecule has 3 nitrogen and oxygen atoms in total. The van der Waals surface area contributed by atoms with Crippen molar-refractivity contribution in [3.05, 3.63) is 29.3 Å². The van der Waals surface area contributed by atoms with E-state index in [9.17, 15) is 4.79 Å². The van der Waals surface area contributed by atoms with Crippen LogP contribution in [0.15, 0.2) is 18.2 Å². The van der Waals surface area contributed by atoms with E-state index in [0.29, 0.717) is 6.04 Å². The summed E-state index contributed by atoms with van der Waals surface area (Å²) in [6.45, 7) is 5.94. The highest BCUT2D eigenvalue weighted by atomic mass is 16.2. The molecule has 0 spiro atoms. The lowest BCUT2D eigenvalue weighted by Crippen LogP contribution is -2.35. The van der Waals surface area contributed by atoms with Crippen LogP contribution < -0.4 is 5.32 Å². The van der Waals surface area contributed by atoms with Crippen molar-refractivity contribution in [1.29, 1.82) is 0 Å². The maximum Gasteiger partial charge on any atom is 0.256 e. The molecule has 3 heteroatoms. The Labute approximate surface area is 121 Å². The van der Waals surface area contributed by atoms with Gasteiger partial charge < -0.3 is 10.2 Å². The molecule has 2 saturated carbocycles. The Hall–Kier alpha value is -1.51. The molecule has 2 aliphatic rings. The van der Waals surface area contributed by atoms with Gasteiger partial charge in [-0.05, 0) is 63.1 Å². The molecule has 2 aliphatic carbocycles. The van der Waals surface area contributed by atoms with Gasteiger partial charge in [0.05, 0.1) is 5.56 Å². The second kappa shape index (κ2) is 5.47. The van der Waals surface area contributed by atoms with Gasteiger partial charge in [0.2, 0.25) is 0 Å². The molecule has 0 heterocycles. The fraction of sp³-hybridized carbons (Fsp3) is 0.588. The van der Waals surface area contributed by atoms with Gasteiger partial charge in [0.1, 0.15) is 0 Å². The van der Waals surface area contributed by atoms with E-state index in [4.69, 9.17) is 0 Å². The molecule has 1 N–H and O–H groups in total. The van der Waals surface area contributed by atoms with E-state index in [-0.39, 0.29) is 5.91 Å². The lowest BCUT2D eigenvalue weighted by molar-refractivity contribution is 0.0736. The number of aryl methyl sites for hydroxylation is 1. The lowest BCUT2D eigenvalue weighted by Gasteiger charge is -2.24. The number of nitrogens with one attached hydrogen (secondary N) is 1. The number of anilines is 1. The standard InChI is InChI=1S/C17H24N2O/c1-3-18-16-10-12(2)4-9-15(16)17(20)19(14-7-8-14)11-13-5-6-13/h4,9-10,13-14,18H,3,5-8,11H2,1-2H3. The van der Waals surface area contributed by atoms with E-state index in [2.05, 4.69) is 30.1 Å². The summed E-state index contributed by atoms with van der Waals surface area (Å²) in [6.07, 6.45) is 4.96. The van der Waals surface area contributed by atoms with E-state index in [1.54, 1.807) is 0 Å². The van der Waals surface area contributed by atoms with Crippen LogP contribution in [0.5, 0.6) is 0 Å². The van der Waals surface area contributed by atoms with Crippen LogP contribution in [-0.4, -0.2) is 29.9 Å². The number of benzene rings is 1. The first-order valence-electron chi connectivity index (χ1n) is 7.84. The summed E-state index contributed by atoms with van der Waals surface area (Å²) in [5.74, 6) is 0.975. The maximum absolute atomic E-state index is 12.9. The largest absolute Gasteiger partial charge is 0.385 e. The molecule has 108 valence electrons. The highest BCUT2D eigenvalue weighted by Crippen LogP contribution is 2.36. The summed E-state index contributed by atoms with van der Waals surface area (Å²) in [5.41, 5.74) is 3.02. The summed E-state index contributed by atoms with van der Waals surface area (Å²) in [4.78, 5) is 15.0. The highest BCUT2D eigenvalue weighted by Gasteiger charge is 2.37. The van der Waals surface area contributed by atoms with Crippen molar-refractivity contribution in [2.24, 2.45) is 5.92 Å². The summed E-state index contributed by atoms with van der Waals surface area (Å²) >= 11 is 0. The molecule has 0 aliphatic heterocycles. The lowest BCUT2D eigenvalue weighted by atomic mass is 10.1. The van der Waals surface area contributed by atoms with Crippen LogP contribution in [0.1, 0.15) is 48.5 Å². The van der Waals surface area contributed by atoms with Gasteiger partial charge in [0.15, 0.2) is 0 Å². The average molecular weight is 272 g/mol. The monoisotopic (exact) mass is 272 g/mol. The zero-order valence-corrected chi connectivity index (χ0v) is 12.5. The minimum atomic E-state index is 0.218. The second-order valence-corrected chi connectivity index (χ2v) is 6.21. The van der Waals surface area contributed by atoms with Crippen molar-refractivity contribution in [3.8, 4) is 0 Å². The normalized spacial score (nSPS) is 17.9. The van der Waals surface area contributed by atoms with Crippen molar-refractivity contribution >= 4 is 11.6 Å². The van der Waals surface area contributed by atoms with Gasteiger partial charge in [0.25, 0.3) is 5.91 Å². The van der Waals surface area contributed by atoms with Crippen LogP contribution in [-0.2, 0) is 0 Å². The predicted octanol–water partition coefficient (Wildman–Crippen LogP) is 3.44. The fourth-order valence-corrected chi connectivity index (χ4v) is 2.70. The van der Waals surface area contributed by atoms with Crippen LogP contribution in [0, 0.1) is 12.8 Å². The molecule has 0 aromatic heterocycles. The van der Waals surface area contributed by atoms with Crippen molar-refractivity contribution < 1.29 is 4.79 Å². The molecule has 0 atom stereocenters. The fourth-order valence-electron chi connectivity index (χ4n) is 2.70. The van der Waals surface area contributed by atoms with Crippen LogP contribution in [0.25, 0.3) is 0 Å². The Morgan fingerprint density at radius 3 is 2.65 bits per heavy atom. The van der Waals surface area contributed by atoms with Gasteiger partial charge >= 0.3 is 0 Å². The predicted molar refractivity (Wildman–Crippen MR) is 82.1 cm³/mol. The molecular formula is C17H24N2O. The third-order valence-corrected chi connectivity index (χ3v) is 4.17. The summed E-state index contributed by atoms with van der Waals surface area (Å²) in [5, 5.41) is 3.33. The Morgan fingerprint density at radius 2 is 2.05 bits per heavy atom. The average Bonchev–Trinajstić information content (AvgIpc) is 3.28. The first-order chi connectivity index (χ1) is 9.69. The quantitative estimate of drug-likeness (QED) is 0.860. The summed E-state index contributed by atoms with van der Waals surface area (Å²) in [7, 11) is 0. The number of hydrogen-bond donors (Lipinski definition) is 1. The molecular weight excluding hydrogens is 248 g/mol. The first-order valence-corrected chi connectivity index (χ1v) is 7.84. The van der Waals surface area contributed by atoms with Gasteiger partial charge in [0, 0.05) is 24.8 Å². The molecule has 1 aromatic carbocycles. The third-order valence-electron chi connectivity index (χ3n) is 4.17. The van der Waals surface area contributed by atoms with Crippen LogP contribution in [0.2, 0.25) is 0 Å². The number of hydrogen-bond acceptors (Lipinski definition) is 2. The zero-order valence-electron chi connectivity index (χ0n) is 12.5. The van der Waals surface area contributed by atoms with E-state index >= 15 is 0 Å². The third kappa shape index (κ3) is 2.97. The number of nitrogens with zero attached hydrogens (tertiary/aromatic N) is 1. The number of amides is 1. The molecule has 3 rings (SSSR count). The SMILES string of the molecule is CCNc1cc(C)ccc1C(=O)N(CC1CC1)C1CC1. The maximum atomic E-state index is 12.9. The van der Waals surface area contributed by atoms with E-state index < -0.39 is 0 Å². The first kappa shape index (κ1) is 13.5. The number of carbonyl (C=O) groups is 1.